The zero-order valence-corrected chi connectivity index (χ0v) is 12.6. The number of benzene rings is 1. The van der Waals surface area contributed by atoms with Crippen LogP contribution in [-0.2, 0) is 0 Å². The molecule has 1 atom stereocenters. The van der Waals surface area contributed by atoms with Gasteiger partial charge in [0.15, 0.2) is 11.9 Å². The summed E-state index contributed by atoms with van der Waals surface area (Å²) in [7, 11) is 0. The first-order chi connectivity index (χ1) is 10.7. The molecular formula is C15H18F4N2O2. The van der Waals surface area contributed by atoms with Crippen molar-refractivity contribution in [2.45, 2.75) is 19.2 Å². The van der Waals surface area contributed by atoms with Crippen LogP contribution in [0.2, 0.25) is 0 Å². The highest BCUT2D eigenvalue weighted by Gasteiger charge is 2.39. The van der Waals surface area contributed by atoms with E-state index in [0.717, 1.165) is 6.07 Å². The van der Waals surface area contributed by atoms with Crippen molar-refractivity contribution in [3.05, 3.63) is 29.6 Å². The molecule has 0 aliphatic carbocycles. The van der Waals surface area contributed by atoms with E-state index >= 15 is 0 Å². The molecule has 1 unspecified atom stereocenters. The third-order valence-corrected chi connectivity index (χ3v) is 3.88. The van der Waals surface area contributed by atoms with Gasteiger partial charge in [-0.05, 0) is 25.1 Å². The minimum atomic E-state index is -4.63. The number of rotatable bonds is 4. The number of hydrogen-bond donors (Lipinski definition) is 1. The monoisotopic (exact) mass is 334 g/mol. The summed E-state index contributed by atoms with van der Waals surface area (Å²) in [5.74, 6) is -0.761. The molecule has 1 aliphatic rings. The molecule has 0 spiro atoms. The van der Waals surface area contributed by atoms with E-state index in [0.29, 0.717) is 31.9 Å². The van der Waals surface area contributed by atoms with Crippen molar-refractivity contribution in [1.29, 1.82) is 0 Å². The van der Waals surface area contributed by atoms with Crippen LogP contribution < -0.4 is 4.90 Å². The number of aliphatic hydroxyl groups is 1. The molecule has 2 rings (SSSR count). The van der Waals surface area contributed by atoms with Gasteiger partial charge in [-0.3, -0.25) is 9.69 Å². The SMILES string of the molecule is CC(=O)c1ccc(N2CCN(CC(O)C(F)(F)F)CC2)c(F)c1. The van der Waals surface area contributed by atoms with Crippen molar-refractivity contribution >= 4 is 11.5 Å². The Labute approximate surface area is 131 Å². The zero-order chi connectivity index (χ0) is 17.2. The molecule has 1 aliphatic heterocycles. The van der Waals surface area contributed by atoms with Crippen LogP contribution in [0, 0.1) is 5.82 Å². The van der Waals surface area contributed by atoms with Crippen LogP contribution in [-0.4, -0.2) is 60.8 Å². The normalized spacial score (nSPS) is 18.1. The molecule has 1 aromatic carbocycles. The minimum Gasteiger partial charge on any atom is -0.382 e. The summed E-state index contributed by atoms with van der Waals surface area (Å²) in [6.45, 7) is 2.15. The van der Waals surface area contributed by atoms with E-state index in [9.17, 15) is 22.4 Å². The third kappa shape index (κ3) is 4.42. The van der Waals surface area contributed by atoms with E-state index in [4.69, 9.17) is 5.11 Å². The Bertz CT molecular complexity index is 569. The van der Waals surface area contributed by atoms with E-state index in [2.05, 4.69) is 0 Å². The van der Waals surface area contributed by atoms with Crippen molar-refractivity contribution in [3.8, 4) is 0 Å². The lowest BCUT2D eigenvalue weighted by atomic mass is 10.1. The van der Waals surface area contributed by atoms with Gasteiger partial charge in [-0.15, -0.1) is 0 Å². The van der Waals surface area contributed by atoms with Crippen LogP contribution >= 0.6 is 0 Å². The number of ketones is 1. The minimum absolute atomic E-state index is 0.235. The molecule has 1 fully saturated rings. The fraction of sp³-hybridized carbons (Fsp3) is 0.533. The van der Waals surface area contributed by atoms with Crippen LogP contribution in [0.3, 0.4) is 0 Å². The van der Waals surface area contributed by atoms with E-state index in [1.54, 1.807) is 4.90 Å². The molecule has 0 aromatic heterocycles. The number of alkyl halides is 3. The number of carbonyl (C=O) groups excluding carboxylic acids is 1. The second-order valence-electron chi connectivity index (χ2n) is 5.57. The molecule has 0 radical (unpaired) electrons. The standard InChI is InChI=1S/C15H18F4N2O2/c1-10(22)11-2-3-13(12(16)8-11)21-6-4-20(5-7-21)9-14(23)15(17,18)19/h2-3,8,14,23H,4-7,9H2,1H3. The number of nitrogens with zero attached hydrogens (tertiary/aromatic N) is 2. The van der Waals surface area contributed by atoms with Gasteiger partial charge in [-0.25, -0.2) is 4.39 Å². The van der Waals surface area contributed by atoms with E-state index in [1.165, 1.54) is 24.0 Å². The summed E-state index contributed by atoms with van der Waals surface area (Å²) >= 11 is 0. The van der Waals surface area contributed by atoms with Crippen LogP contribution in [0.5, 0.6) is 0 Å². The molecule has 0 saturated carbocycles. The van der Waals surface area contributed by atoms with Crippen molar-refractivity contribution in [2.24, 2.45) is 0 Å². The van der Waals surface area contributed by atoms with Crippen LogP contribution in [0.25, 0.3) is 0 Å². The van der Waals surface area contributed by atoms with Gasteiger partial charge >= 0.3 is 6.18 Å². The highest BCUT2D eigenvalue weighted by molar-refractivity contribution is 5.94. The quantitative estimate of drug-likeness (QED) is 0.676. The molecule has 0 bridgehead atoms. The first kappa shape index (κ1) is 17.7. The summed E-state index contributed by atoms with van der Waals surface area (Å²) in [4.78, 5) is 14.4. The molecule has 1 heterocycles. The Morgan fingerprint density at radius 2 is 1.87 bits per heavy atom. The summed E-state index contributed by atoms with van der Waals surface area (Å²) < 4.78 is 51.1. The number of hydrogen-bond acceptors (Lipinski definition) is 4. The highest BCUT2D eigenvalue weighted by atomic mass is 19.4. The lowest BCUT2D eigenvalue weighted by molar-refractivity contribution is -0.208. The van der Waals surface area contributed by atoms with Crippen molar-refractivity contribution < 1.29 is 27.5 Å². The smallest absolute Gasteiger partial charge is 0.382 e. The maximum atomic E-state index is 14.1. The number of carbonyl (C=O) groups is 1. The third-order valence-electron chi connectivity index (χ3n) is 3.88. The van der Waals surface area contributed by atoms with E-state index in [1.807, 2.05) is 0 Å². The van der Waals surface area contributed by atoms with Gasteiger partial charge in [0.25, 0.3) is 0 Å². The lowest BCUT2D eigenvalue weighted by Crippen LogP contribution is -2.51. The largest absolute Gasteiger partial charge is 0.415 e. The van der Waals surface area contributed by atoms with Gasteiger partial charge in [0.1, 0.15) is 5.82 Å². The van der Waals surface area contributed by atoms with Crippen LogP contribution in [0.1, 0.15) is 17.3 Å². The summed E-state index contributed by atoms with van der Waals surface area (Å²) in [5, 5.41) is 9.08. The number of Topliss-reactive ketones (excluding diaryl/α,β-unsaturated/α-hetero) is 1. The Hall–Kier alpha value is -1.67. The fourth-order valence-electron chi connectivity index (χ4n) is 2.50. The lowest BCUT2D eigenvalue weighted by Gasteiger charge is -2.37. The first-order valence-corrected chi connectivity index (χ1v) is 7.21. The second-order valence-corrected chi connectivity index (χ2v) is 5.57. The number of halogens is 4. The fourth-order valence-corrected chi connectivity index (χ4v) is 2.50. The molecule has 8 heteroatoms. The second kappa shape index (κ2) is 6.84. The average molecular weight is 334 g/mol. The predicted molar refractivity (Wildman–Crippen MR) is 77.1 cm³/mol. The average Bonchev–Trinajstić information content (AvgIpc) is 2.47. The van der Waals surface area contributed by atoms with Gasteiger partial charge < -0.3 is 10.0 Å². The van der Waals surface area contributed by atoms with Gasteiger partial charge in [0, 0.05) is 38.3 Å². The molecule has 0 amide bonds. The molecule has 1 aromatic rings. The number of aliphatic hydroxyl groups excluding tert-OH is 1. The van der Waals surface area contributed by atoms with Gasteiger partial charge in [0.2, 0.25) is 0 Å². The molecule has 1 N–H and O–H groups in total. The van der Waals surface area contributed by atoms with E-state index in [-0.39, 0.29) is 11.3 Å². The number of anilines is 1. The summed E-state index contributed by atoms with van der Waals surface area (Å²) in [6, 6.07) is 4.20. The Kier molecular flexibility index (Phi) is 5.26. The van der Waals surface area contributed by atoms with Crippen molar-refractivity contribution in [2.75, 3.05) is 37.6 Å². The summed E-state index contributed by atoms with van der Waals surface area (Å²) in [6.07, 6.45) is -7.01. The molecule has 23 heavy (non-hydrogen) atoms. The zero-order valence-electron chi connectivity index (χ0n) is 12.6. The summed E-state index contributed by atoms with van der Waals surface area (Å²) in [5.41, 5.74) is 0.601. The van der Waals surface area contributed by atoms with Crippen LogP contribution in [0.4, 0.5) is 23.2 Å². The number of piperazine rings is 1. The molecule has 128 valence electrons. The maximum absolute atomic E-state index is 14.1. The van der Waals surface area contributed by atoms with Gasteiger partial charge in [-0.2, -0.15) is 13.2 Å². The molecular weight excluding hydrogens is 316 g/mol. The maximum Gasteiger partial charge on any atom is 0.415 e. The highest BCUT2D eigenvalue weighted by Crippen LogP contribution is 2.24. The van der Waals surface area contributed by atoms with Crippen molar-refractivity contribution in [1.82, 2.24) is 4.90 Å². The van der Waals surface area contributed by atoms with Gasteiger partial charge in [-0.1, -0.05) is 0 Å². The van der Waals surface area contributed by atoms with Gasteiger partial charge in [0.05, 0.1) is 5.69 Å². The predicted octanol–water partition coefficient (Wildman–Crippen LogP) is 2.07. The topological polar surface area (TPSA) is 43.8 Å². The molecule has 4 nitrogen and oxygen atoms in total. The Balaban J connectivity index is 1.96. The Morgan fingerprint density at radius 3 is 2.35 bits per heavy atom. The molecule has 1 saturated heterocycles. The first-order valence-electron chi connectivity index (χ1n) is 7.21. The Morgan fingerprint density at radius 1 is 1.26 bits per heavy atom. The van der Waals surface area contributed by atoms with Crippen molar-refractivity contribution in [3.63, 3.8) is 0 Å². The number of β-amino-alcohol motifs (C(OH)–C–C–N with tert-alkyl or cyclic N) is 1. The van der Waals surface area contributed by atoms with Crippen LogP contribution in [0.15, 0.2) is 18.2 Å². The van der Waals surface area contributed by atoms with E-state index < -0.39 is 24.6 Å².